The standard InChI is InChI=1S/C26H16N2O/c29-28-25-13-4-2-8-18(25)16-22-20(10-6-14-26(22)28)19-9-5-12-24-21(19)15-17-7-1-3-11-23(17)27-24/h1-16H. The lowest BCUT2D eigenvalue weighted by Gasteiger charge is -2.12. The van der Waals surface area contributed by atoms with Gasteiger partial charge in [0.1, 0.15) is 0 Å². The van der Waals surface area contributed by atoms with E-state index in [2.05, 4.69) is 30.3 Å². The van der Waals surface area contributed by atoms with Crippen LogP contribution in [0.2, 0.25) is 0 Å². The number of benzene rings is 4. The summed E-state index contributed by atoms with van der Waals surface area (Å²) in [5.41, 5.74) is 5.42. The highest BCUT2D eigenvalue weighted by Crippen LogP contribution is 2.35. The van der Waals surface area contributed by atoms with Crippen LogP contribution in [0.4, 0.5) is 0 Å². The number of hydrogen-bond donors (Lipinski definition) is 0. The van der Waals surface area contributed by atoms with E-state index in [-0.39, 0.29) is 0 Å². The van der Waals surface area contributed by atoms with E-state index in [9.17, 15) is 5.21 Å². The average molecular weight is 372 g/mol. The van der Waals surface area contributed by atoms with E-state index in [1.165, 1.54) is 0 Å². The molecular weight excluding hydrogens is 356 g/mol. The van der Waals surface area contributed by atoms with E-state index in [0.717, 1.165) is 48.4 Å². The lowest BCUT2D eigenvalue weighted by atomic mass is 9.95. The molecule has 0 atom stereocenters. The van der Waals surface area contributed by atoms with Crippen LogP contribution in [0, 0.1) is 5.21 Å². The van der Waals surface area contributed by atoms with Gasteiger partial charge >= 0.3 is 0 Å². The molecule has 0 radical (unpaired) electrons. The number of aromatic nitrogens is 2. The summed E-state index contributed by atoms with van der Waals surface area (Å²) in [6.45, 7) is 0. The molecule has 0 aliphatic heterocycles. The van der Waals surface area contributed by atoms with E-state index >= 15 is 0 Å². The summed E-state index contributed by atoms with van der Waals surface area (Å²) in [7, 11) is 0. The Hall–Kier alpha value is -3.98. The fraction of sp³-hybridized carbons (Fsp3) is 0. The number of fused-ring (bicyclic) bond motifs is 4. The fourth-order valence-corrected chi connectivity index (χ4v) is 4.23. The average Bonchev–Trinajstić information content (AvgIpc) is 2.77. The monoisotopic (exact) mass is 372 g/mol. The molecular formula is C26H16N2O. The largest absolute Gasteiger partial charge is 0.618 e. The lowest BCUT2D eigenvalue weighted by Crippen LogP contribution is -2.28. The van der Waals surface area contributed by atoms with Crippen molar-refractivity contribution in [3.05, 3.63) is 102 Å². The van der Waals surface area contributed by atoms with Gasteiger partial charge in [0.05, 0.1) is 16.4 Å². The predicted octanol–water partition coefficient (Wildman–Crippen LogP) is 5.99. The van der Waals surface area contributed by atoms with E-state index < -0.39 is 0 Å². The Morgan fingerprint density at radius 3 is 2.07 bits per heavy atom. The Balaban J connectivity index is 1.74. The van der Waals surface area contributed by atoms with Gasteiger partial charge in [0, 0.05) is 28.3 Å². The van der Waals surface area contributed by atoms with Crippen LogP contribution < -0.4 is 4.73 Å². The summed E-state index contributed by atoms with van der Waals surface area (Å²) in [6, 6.07) is 32.3. The highest BCUT2D eigenvalue weighted by molar-refractivity contribution is 6.07. The van der Waals surface area contributed by atoms with E-state index in [1.807, 2.05) is 66.7 Å². The van der Waals surface area contributed by atoms with Crippen molar-refractivity contribution in [3.8, 4) is 11.1 Å². The Morgan fingerprint density at radius 2 is 1.17 bits per heavy atom. The minimum absolute atomic E-state index is 0.673. The van der Waals surface area contributed by atoms with Gasteiger partial charge in [-0.2, -0.15) is 4.73 Å². The summed E-state index contributed by atoms with van der Waals surface area (Å²) in [6.07, 6.45) is 0. The van der Waals surface area contributed by atoms with Crippen LogP contribution in [0.25, 0.3) is 54.7 Å². The number of para-hydroxylation sites is 2. The second kappa shape index (κ2) is 6.01. The Morgan fingerprint density at radius 1 is 0.552 bits per heavy atom. The molecule has 29 heavy (non-hydrogen) atoms. The van der Waals surface area contributed by atoms with Gasteiger partial charge in [0.15, 0.2) is 0 Å². The van der Waals surface area contributed by atoms with Gasteiger partial charge in [-0.25, -0.2) is 4.98 Å². The lowest BCUT2D eigenvalue weighted by molar-refractivity contribution is -0.547. The van der Waals surface area contributed by atoms with Crippen LogP contribution in [0.15, 0.2) is 97.1 Å². The highest BCUT2D eigenvalue weighted by atomic mass is 16.5. The minimum atomic E-state index is 0.673. The molecule has 136 valence electrons. The predicted molar refractivity (Wildman–Crippen MR) is 119 cm³/mol. The maximum absolute atomic E-state index is 13.0. The maximum atomic E-state index is 13.0. The molecule has 2 heterocycles. The first-order valence-electron chi connectivity index (χ1n) is 9.62. The molecule has 0 aliphatic rings. The number of rotatable bonds is 1. The van der Waals surface area contributed by atoms with Gasteiger partial charge in [-0.15, -0.1) is 0 Å². The molecule has 0 aliphatic carbocycles. The van der Waals surface area contributed by atoms with Gasteiger partial charge in [0.25, 0.3) is 0 Å². The smallest absolute Gasteiger partial charge is 0.224 e. The van der Waals surface area contributed by atoms with E-state index in [4.69, 9.17) is 4.98 Å². The van der Waals surface area contributed by atoms with Crippen molar-refractivity contribution in [2.45, 2.75) is 0 Å². The third-order valence-electron chi connectivity index (χ3n) is 5.61. The molecule has 4 aromatic carbocycles. The van der Waals surface area contributed by atoms with Crippen LogP contribution in [-0.2, 0) is 0 Å². The Labute approximate surface area is 167 Å². The van der Waals surface area contributed by atoms with Crippen LogP contribution in [0.5, 0.6) is 0 Å². The van der Waals surface area contributed by atoms with Gasteiger partial charge in [-0.1, -0.05) is 54.6 Å². The van der Waals surface area contributed by atoms with Crippen molar-refractivity contribution < 1.29 is 4.73 Å². The van der Waals surface area contributed by atoms with Crippen LogP contribution in [-0.4, -0.2) is 4.98 Å². The maximum Gasteiger partial charge on any atom is 0.224 e. The van der Waals surface area contributed by atoms with Crippen molar-refractivity contribution in [1.82, 2.24) is 4.98 Å². The van der Waals surface area contributed by atoms with Gasteiger partial charge in [-0.05, 0) is 41.5 Å². The topological polar surface area (TPSA) is 39.8 Å². The first-order chi connectivity index (χ1) is 14.3. The molecule has 0 saturated heterocycles. The minimum Gasteiger partial charge on any atom is -0.618 e. The van der Waals surface area contributed by atoms with Crippen LogP contribution >= 0.6 is 0 Å². The molecule has 0 unspecified atom stereocenters. The molecule has 3 heteroatoms. The number of nitrogens with zero attached hydrogens (tertiary/aromatic N) is 2. The summed E-state index contributed by atoms with van der Waals surface area (Å²) in [5, 5.41) is 17.1. The van der Waals surface area contributed by atoms with Gasteiger partial charge in [-0.3, -0.25) is 0 Å². The van der Waals surface area contributed by atoms with Crippen LogP contribution in [0.3, 0.4) is 0 Å². The fourth-order valence-electron chi connectivity index (χ4n) is 4.23. The first-order valence-corrected chi connectivity index (χ1v) is 9.62. The van der Waals surface area contributed by atoms with Crippen LogP contribution in [0.1, 0.15) is 0 Å². The quantitative estimate of drug-likeness (QED) is 0.202. The zero-order chi connectivity index (χ0) is 19.4. The normalized spacial score (nSPS) is 11.6. The highest BCUT2D eigenvalue weighted by Gasteiger charge is 2.15. The summed E-state index contributed by atoms with van der Waals surface area (Å²) < 4.78 is 1.03. The number of pyridine rings is 2. The third-order valence-corrected chi connectivity index (χ3v) is 5.61. The van der Waals surface area contributed by atoms with Crippen molar-refractivity contribution in [2.24, 2.45) is 0 Å². The second-order valence-corrected chi connectivity index (χ2v) is 7.29. The van der Waals surface area contributed by atoms with E-state index in [1.54, 1.807) is 0 Å². The van der Waals surface area contributed by atoms with Crippen molar-refractivity contribution in [3.63, 3.8) is 0 Å². The Kier molecular flexibility index (Phi) is 3.32. The second-order valence-electron chi connectivity index (χ2n) is 7.29. The molecule has 6 rings (SSSR count). The molecule has 0 bridgehead atoms. The SMILES string of the molecule is [O-][n+]1c2ccccc2cc2c(-c3cccc4nc5ccccc5cc34)cccc21. The Bertz CT molecular complexity index is 1570. The third kappa shape index (κ3) is 2.38. The molecule has 3 nitrogen and oxygen atoms in total. The molecule has 0 amide bonds. The summed E-state index contributed by atoms with van der Waals surface area (Å²) >= 11 is 0. The van der Waals surface area contributed by atoms with Crippen molar-refractivity contribution >= 4 is 43.6 Å². The van der Waals surface area contributed by atoms with Crippen molar-refractivity contribution in [1.29, 1.82) is 0 Å². The molecule has 6 aromatic rings. The van der Waals surface area contributed by atoms with Crippen molar-refractivity contribution in [2.75, 3.05) is 0 Å². The summed E-state index contributed by atoms with van der Waals surface area (Å²) in [4.78, 5) is 4.84. The molecule has 0 fully saturated rings. The first kappa shape index (κ1) is 16.0. The number of hydrogen-bond acceptors (Lipinski definition) is 2. The molecule has 2 aromatic heterocycles. The molecule has 0 N–H and O–H groups in total. The van der Waals surface area contributed by atoms with E-state index in [0.29, 0.717) is 11.0 Å². The zero-order valence-electron chi connectivity index (χ0n) is 15.5. The molecule has 0 spiro atoms. The van der Waals surface area contributed by atoms with Gasteiger partial charge in [0.2, 0.25) is 11.0 Å². The van der Waals surface area contributed by atoms with Gasteiger partial charge < -0.3 is 5.21 Å². The zero-order valence-corrected chi connectivity index (χ0v) is 15.5. The summed E-state index contributed by atoms with van der Waals surface area (Å²) in [5.74, 6) is 0. The molecule has 0 saturated carbocycles.